The van der Waals surface area contributed by atoms with Gasteiger partial charge in [0.2, 0.25) is 5.91 Å². The quantitative estimate of drug-likeness (QED) is 0.894. The average molecular weight is 268 g/mol. The first-order valence-electron chi connectivity index (χ1n) is 6.61. The normalized spacial score (nSPS) is 12.6. The summed E-state index contributed by atoms with van der Waals surface area (Å²) in [6.45, 7) is 1.42. The minimum Gasteiger partial charge on any atom is -0.493 e. The molecule has 1 amide bonds. The molecule has 0 aromatic heterocycles. The number of rotatable bonds is 4. The van der Waals surface area contributed by atoms with Crippen LogP contribution in [-0.4, -0.2) is 12.5 Å². The number of nitrogens with two attached hydrogens (primary N) is 1. The maximum atomic E-state index is 11.1. The zero-order valence-electron chi connectivity index (χ0n) is 11.1. The number of hydrogen-bond donors (Lipinski definition) is 2. The van der Waals surface area contributed by atoms with Gasteiger partial charge in [0, 0.05) is 24.2 Å². The fourth-order valence-corrected chi connectivity index (χ4v) is 2.34. The van der Waals surface area contributed by atoms with Gasteiger partial charge in [-0.15, -0.1) is 0 Å². The topological polar surface area (TPSA) is 64.4 Å². The molecule has 20 heavy (non-hydrogen) atoms. The Morgan fingerprint density at radius 2 is 2.15 bits per heavy atom. The molecule has 4 nitrogen and oxygen atoms in total. The van der Waals surface area contributed by atoms with Gasteiger partial charge >= 0.3 is 0 Å². The van der Waals surface area contributed by atoms with E-state index in [1.165, 1.54) is 5.56 Å². The molecular weight excluding hydrogens is 252 g/mol. The Labute approximate surface area is 117 Å². The van der Waals surface area contributed by atoms with Crippen molar-refractivity contribution in [1.82, 2.24) is 0 Å². The van der Waals surface area contributed by atoms with Gasteiger partial charge < -0.3 is 15.8 Å². The van der Waals surface area contributed by atoms with Crippen LogP contribution in [-0.2, 0) is 13.0 Å². The lowest BCUT2D eigenvalue weighted by Gasteiger charge is -2.08. The molecule has 0 aliphatic carbocycles. The highest BCUT2D eigenvalue weighted by atomic mass is 16.5. The zero-order valence-corrected chi connectivity index (χ0v) is 11.1. The maximum absolute atomic E-state index is 11.1. The predicted molar refractivity (Wildman–Crippen MR) is 77.9 cm³/mol. The number of nitrogens with one attached hydrogen (secondary N) is 1. The van der Waals surface area contributed by atoms with Gasteiger partial charge in [0.15, 0.2) is 0 Å². The van der Waals surface area contributed by atoms with E-state index in [1.807, 2.05) is 30.3 Å². The van der Waals surface area contributed by atoms with Gasteiger partial charge in [-0.1, -0.05) is 12.1 Å². The van der Waals surface area contributed by atoms with Crippen molar-refractivity contribution in [3.05, 3.63) is 59.2 Å². The molecule has 4 heteroatoms. The molecule has 102 valence electrons. The van der Waals surface area contributed by atoms with Crippen LogP contribution in [0.4, 0.5) is 5.69 Å². The average Bonchev–Trinajstić information content (AvgIpc) is 2.93. The van der Waals surface area contributed by atoms with E-state index in [-0.39, 0.29) is 0 Å². The number of carbonyl (C=O) groups excluding carboxylic acids is 1. The molecule has 1 aliphatic heterocycles. The van der Waals surface area contributed by atoms with Gasteiger partial charge in [0.05, 0.1) is 6.61 Å². The number of primary amides is 1. The lowest BCUT2D eigenvalue weighted by molar-refractivity contribution is 0.1000. The van der Waals surface area contributed by atoms with Crippen molar-refractivity contribution in [1.29, 1.82) is 0 Å². The molecule has 2 aromatic rings. The third kappa shape index (κ3) is 2.59. The standard InChI is InChI=1S/C16H16N2O2/c17-16(19)13-3-1-2-11(8-13)10-18-14-4-5-15-12(9-14)6-7-20-15/h1-5,8-9,18H,6-7,10H2,(H2,17,19). The third-order valence-electron chi connectivity index (χ3n) is 3.40. The van der Waals surface area contributed by atoms with Crippen LogP contribution in [0.3, 0.4) is 0 Å². The smallest absolute Gasteiger partial charge is 0.248 e. The Morgan fingerprint density at radius 1 is 1.25 bits per heavy atom. The Hall–Kier alpha value is -2.49. The molecule has 3 rings (SSSR count). The number of hydrogen-bond acceptors (Lipinski definition) is 3. The highest BCUT2D eigenvalue weighted by molar-refractivity contribution is 5.92. The van der Waals surface area contributed by atoms with E-state index < -0.39 is 5.91 Å². The second kappa shape index (κ2) is 5.25. The van der Waals surface area contributed by atoms with Crippen molar-refractivity contribution in [2.24, 2.45) is 5.73 Å². The van der Waals surface area contributed by atoms with E-state index >= 15 is 0 Å². The molecule has 0 fully saturated rings. The summed E-state index contributed by atoms with van der Waals surface area (Å²) in [5.74, 6) is 0.577. The van der Waals surface area contributed by atoms with Gasteiger partial charge in [-0.3, -0.25) is 4.79 Å². The number of ether oxygens (including phenoxy) is 1. The van der Waals surface area contributed by atoms with E-state index in [9.17, 15) is 4.79 Å². The van der Waals surface area contributed by atoms with Crippen LogP contribution < -0.4 is 15.8 Å². The van der Waals surface area contributed by atoms with Crippen LogP contribution in [0.25, 0.3) is 0 Å². The van der Waals surface area contributed by atoms with Crippen LogP contribution in [0.15, 0.2) is 42.5 Å². The molecule has 0 atom stereocenters. The van der Waals surface area contributed by atoms with Crippen molar-refractivity contribution < 1.29 is 9.53 Å². The number of fused-ring (bicyclic) bond motifs is 1. The minimum absolute atomic E-state index is 0.401. The summed E-state index contributed by atoms with van der Waals surface area (Å²) in [5.41, 5.74) is 9.13. The summed E-state index contributed by atoms with van der Waals surface area (Å²) in [6, 6.07) is 13.4. The van der Waals surface area contributed by atoms with Crippen molar-refractivity contribution in [3.8, 4) is 5.75 Å². The fourth-order valence-electron chi connectivity index (χ4n) is 2.34. The highest BCUT2D eigenvalue weighted by Crippen LogP contribution is 2.28. The molecule has 0 saturated heterocycles. The molecular formula is C16H16N2O2. The van der Waals surface area contributed by atoms with Crippen molar-refractivity contribution in [3.63, 3.8) is 0 Å². The molecule has 1 heterocycles. The number of carbonyl (C=O) groups is 1. The molecule has 0 bridgehead atoms. The predicted octanol–water partition coefficient (Wildman–Crippen LogP) is 2.33. The van der Waals surface area contributed by atoms with Crippen LogP contribution in [0, 0.1) is 0 Å². The van der Waals surface area contributed by atoms with E-state index in [2.05, 4.69) is 11.4 Å². The van der Waals surface area contributed by atoms with Gasteiger partial charge in [0.25, 0.3) is 0 Å². The number of amides is 1. The first-order valence-corrected chi connectivity index (χ1v) is 6.61. The van der Waals surface area contributed by atoms with Gasteiger partial charge in [-0.05, 0) is 41.5 Å². The van der Waals surface area contributed by atoms with E-state index in [4.69, 9.17) is 10.5 Å². The fraction of sp³-hybridized carbons (Fsp3) is 0.188. The SMILES string of the molecule is NC(=O)c1cccc(CNc2ccc3c(c2)CCO3)c1. The Bertz CT molecular complexity index is 653. The summed E-state index contributed by atoms with van der Waals surface area (Å²) >= 11 is 0. The maximum Gasteiger partial charge on any atom is 0.248 e. The molecule has 0 spiro atoms. The first kappa shape index (κ1) is 12.5. The van der Waals surface area contributed by atoms with Crippen LogP contribution in [0.5, 0.6) is 5.75 Å². The summed E-state index contributed by atoms with van der Waals surface area (Å²) in [5, 5.41) is 3.35. The first-order chi connectivity index (χ1) is 9.72. The Balaban J connectivity index is 1.70. The molecule has 3 N–H and O–H groups in total. The minimum atomic E-state index is -0.401. The van der Waals surface area contributed by atoms with Gasteiger partial charge in [0.1, 0.15) is 5.75 Å². The van der Waals surface area contributed by atoms with Crippen molar-refractivity contribution in [2.75, 3.05) is 11.9 Å². The Kier molecular flexibility index (Phi) is 3.29. The second-order valence-corrected chi connectivity index (χ2v) is 4.84. The van der Waals surface area contributed by atoms with E-state index in [1.54, 1.807) is 6.07 Å². The molecule has 0 radical (unpaired) electrons. The highest BCUT2D eigenvalue weighted by Gasteiger charge is 2.11. The molecule has 0 saturated carbocycles. The summed E-state index contributed by atoms with van der Waals surface area (Å²) < 4.78 is 5.48. The summed E-state index contributed by atoms with van der Waals surface area (Å²) in [7, 11) is 0. The van der Waals surface area contributed by atoms with E-state index in [0.717, 1.165) is 30.0 Å². The Morgan fingerprint density at radius 3 is 3.00 bits per heavy atom. The van der Waals surface area contributed by atoms with Crippen LogP contribution in [0.2, 0.25) is 0 Å². The lowest BCUT2D eigenvalue weighted by Crippen LogP contribution is -2.11. The number of benzene rings is 2. The molecule has 1 aliphatic rings. The van der Waals surface area contributed by atoms with E-state index in [0.29, 0.717) is 12.1 Å². The largest absolute Gasteiger partial charge is 0.493 e. The number of anilines is 1. The summed E-state index contributed by atoms with van der Waals surface area (Å²) in [6.07, 6.45) is 0.960. The van der Waals surface area contributed by atoms with Crippen molar-refractivity contribution >= 4 is 11.6 Å². The van der Waals surface area contributed by atoms with Crippen molar-refractivity contribution in [2.45, 2.75) is 13.0 Å². The molecule has 0 unspecified atom stereocenters. The second-order valence-electron chi connectivity index (χ2n) is 4.84. The lowest BCUT2D eigenvalue weighted by atomic mass is 10.1. The summed E-state index contributed by atoms with van der Waals surface area (Å²) in [4.78, 5) is 11.1. The monoisotopic (exact) mass is 268 g/mol. The zero-order chi connectivity index (χ0) is 13.9. The van der Waals surface area contributed by atoms with Crippen LogP contribution in [0.1, 0.15) is 21.5 Å². The third-order valence-corrected chi connectivity index (χ3v) is 3.40. The van der Waals surface area contributed by atoms with Gasteiger partial charge in [-0.25, -0.2) is 0 Å². The van der Waals surface area contributed by atoms with Crippen LogP contribution >= 0.6 is 0 Å². The molecule has 2 aromatic carbocycles. The van der Waals surface area contributed by atoms with Gasteiger partial charge in [-0.2, -0.15) is 0 Å².